The minimum Gasteiger partial charge on any atom is -0.478 e. The van der Waals surface area contributed by atoms with Gasteiger partial charge in [0.15, 0.2) is 0 Å². The number of carboxylic acid groups (broad SMARTS) is 1. The lowest BCUT2D eigenvalue weighted by Crippen LogP contribution is -2.08. The van der Waals surface area contributed by atoms with E-state index in [1.165, 1.54) is 23.7 Å². The van der Waals surface area contributed by atoms with E-state index in [4.69, 9.17) is 0 Å². The maximum Gasteiger partial charge on any atom is 0.340 e. The van der Waals surface area contributed by atoms with E-state index in [1.807, 2.05) is 34.0 Å². The molecule has 0 spiro atoms. The first-order chi connectivity index (χ1) is 11.6. The molecule has 4 aromatic rings. The van der Waals surface area contributed by atoms with Gasteiger partial charge in [-0.25, -0.2) is 14.2 Å². The summed E-state index contributed by atoms with van der Waals surface area (Å²) >= 11 is 3.35. The summed E-state index contributed by atoms with van der Waals surface area (Å²) < 4.78 is 17.2. The first-order valence-electron chi connectivity index (χ1n) is 6.87. The van der Waals surface area contributed by atoms with Crippen LogP contribution in [0.1, 0.15) is 10.4 Å². The van der Waals surface area contributed by atoms with E-state index in [-0.39, 0.29) is 17.1 Å². The lowest BCUT2D eigenvalue weighted by Gasteiger charge is -2.14. The minimum atomic E-state index is -1.08. The second-order valence-corrected chi connectivity index (χ2v) is 7.25. The molecule has 0 atom stereocenters. The van der Waals surface area contributed by atoms with Crippen molar-refractivity contribution in [3.63, 3.8) is 0 Å². The van der Waals surface area contributed by atoms with Crippen molar-refractivity contribution in [3.05, 3.63) is 57.1 Å². The van der Waals surface area contributed by atoms with Gasteiger partial charge < -0.3 is 10.4 Å². The van der Waals surface area contributed by atoms with Gasteiger partial charge >= 0.3 is 5.97 Å². The number of nitrogens with zero attached hydrogens (tertiary/aromatic N) is 2. The molecule has 0 bridgehead atoms. The molecule has 0 saturated carbocycles. The molecular formula is C16H9FIN3O2S. The number of fused-ring (bicyclic) bond motifs is 3. The lowest BCUT2D eigenvalue weighted by molar-refractivity contribution is 0.0700. The molecule has 4 rings (SSSR count). The van der Waals surface area contributed by atoms with Gasteiger partial charge in [-0.15, -0.1) is 11.3 Å². The standard InChI is InChI=1S/C16H9FIN3O2S/c17-10-5-8(18)1-2-11(10)20-15-13(16(22)23)14-9(3-4-24-14)12-6-19-7-21(12)15/h1-7,20H,(H,22,23). The molecule has 0 saturated heterocycles. The van der Waals surface area contributed by atoms with Crippen LogP contribution in [0.15, 0.2) is 42.2 Å². The Morgan fingerprint density at radius 3 is 2.96 bits per heavy atom. The molecule has 3 aromatic heterocycles. The largest absolute Gasteiger partial charge is 0.478 e. The third-order valence-electron chi connectivity index (χ3n) is 3.68. The second kappa shape index (κ2) is 5.71. The number of halogens is 2. The van der Waals surface area contributed by atoms with Gasteiger partial charge in [0.25, 0.3) is 0 Å². The minimum absolute atomic E-state index is 0.100. The van der Waals surface area contributed by atoms with Gasteiger partial charge in [-0.2, -0.15) is 0 Å². The number of benzene rings is 1. The van der Waals surface area contributed by atoms with E-state index in [9.17, 15) is 14.3 Å². The number of carbonyl (C=O) groups is 1. The van der Waals surface area contributed by atoms with Crippen LogP contribution in [0.3, 0.4) is 0 Å². The smallest absolute Gasteiger partial charge is 0.340 e. The van der Waals surface area contributed by atoms with Crippen LogP contribution in [0.4, 0.5) is 15.9 Å². The van der Waals surface area contributed by atoms with Crippen molar-refractivity contribution in [2.75, 3.05) is 5.32 Å². The Morgan fingerprint density at radius 2 is 2.21 bits per heavy atom. The van der Waals surface area contributed by atoms with Gasteiger partial charge in [0, 0.05) is 8.96 Å². The highest BCUT2D eigenvalue weighted by atomic mass is 127. The number of rotatable bonds is 3. The van der Waals surface area contributed by atoms with Gasteiger partial charge in [-0.3, -0.25) is 4.40 Å². The van der Waals surface area contributed by atoms with Crippen molar-refractivity contribution in [1.82, 2.24) is 9.38 Å². The molecule has 0 amide bonds. The highest BCUT2D eigenvalue weighted by Crippen LogP contribution is 2.35. The normalized spacial score (nSPS) is 11.2. The number of anilines is 2. The first kappa shape index (κ1) is 15.3. The number of pyridine rings is 1. The van der Waals surface area contributed by atoms with E-state index >= 15 is 0 Å². The van der Waals surface area contributed by atoms with Crippen LogP contribution in [0.2, 0.25) is 0 Å². The number of aromatic nitrogens is 2. The van der Waals surface area contributed by atoms with Crippen LogP contribution in [0.25, 0.3) is 15.6 Å². The molecule has 0 aliphatic rings. The number of nitrogens with one attached hydrogen (secondary N) is 1. The van der Waals surface area contributed by atoms with Crippen LogP contribution in [0, 0.1) is 9.39 Å². The molecule has 0 fully saturated rings. The van der Waals surface area contributed by atoms with Gasteiger partial charge in [0.2, 0.25) is 0 Å². The van der Waals surface area contributed by atoms with Crippen LogP contribution in [-0.2, 0) is 0 Å². The van der Waals surface area contributed by atoms with Crippen LogP contribution in [-0.4, -0.2) is 20.5 Å². The van der Waals surface area contributed by atoms with Crippen LogP contribution in [0.5, 0.6) is 0 Å². The number of thiophene rings is 1. The van der Waals surface area contributed by atoms with Gasteiger partial charge in [0.05, 0.1) is 22.1 Å². The van der Waals surface area contributed by atoms with E-state index in [0.29, 0.717) is 4.70 Å². The number of hydrogen-bond donors (Lipinski definition) is 2. The number of aromatic carboxylic acids is 1. The monoisotopic (exact) mass is 453 g/mol. The fourth-order valence-corrected chi connectivity index (χ4v) is 4.04. The Balaban J connectivity index is 2.03. The first-order valence-corrected chi connectivity index (χ1v) is 8.82. The number of hydrogen-bond acceptors (Lipinski definition) is 4. The predicted octanol–water partition coefficient (Wildman–Crippen LogP) is 4.73. The summed E-state index contributed by atoms with van der Waals surface area (Å²) in [6, 6.07) is 6.59. The van der Waals surface area contributed by atoms with Crippen LogP contribution >= 0.6 is 33.9 Å². The average Bonchev–Trinajstić information content (AvgIpc) is 3.17. The Hall–Kier alpha value is -2.20. The van der Waals surface area contributed by atoms with Gasteiger partial charge in [-0.1, -0.05) is 0 Å². The van der Waals surface area contributed by atoms with Crippen molar-refractivity contribution in [2.24, 2.45) is 0 Å². The van der Waals surface area contributed by atoms with Gasteiger partial charge in [0.1, 0.15) is 23.5 Å². The Labute approximate surface area is 152 Å². The summed E-state index contributed by atoms with van der Waals surface area (Å²) in [6.07, 6.45) is 3.18. The Morgan fingerprint density at radius 1 is 1.38 bits per heavy atom. The van der Waals surface area contributed by atoms with Crippen LogP contribution < -0.4 is 5.32 Å². The predicted molar refractivity (Wildman–Crippen MR) is 99.9 cm³/mol. The summed E-state index contributed by atoms with van der Waals surface area (Å²) in [7, 11) is 0. The Kier molecular flexibility index (Phi) is 3.65. The molecule has 1 aromatic carbocycles. The summed E-state index contributed by atoms with van der Waals surface area (Å²) in [5.41, 5.74) is 1.08. The summed E-state index contributed by atoms with van der Waals surface area (Å²) in [5.74, 6) is -1.24. The molecule has 8 heteroatoms. The van der Waals surface area contributed by atoms with Crippen molar-refractivity contribution < 1.29 is 14.3 Å². The summed E-state index contributed by atoms with van der Waals surface area (Å²) in [5, 5.41) is 15.3. The molecule has 120 valence electrons. The topological polar surface area (TPSA) is 66.6 Å². The zero-order valence-electron chi connectivity index (χ0n) is 12.0. The highest BCUT2D eigenvalue weighted by molar-refractivity contribution is 14.1. The van der Waals surface area contributed by atoms with Crippen molar-refractivity contribution in [3.8, 4) is 0 Å². The Bertz CT molecular complexity index is 1110. The number of imidazole rings is 1. The summed E-state index contributed by atoms with van der Waals surface area (Å²) in [4.78, 5) is 16.0. The van der Waals surface area contributed by atoms with E-state index < -0.39 is 11.8 Å². The maximum atomic E-state index is 14.2. The maximum absolute atomic E-state index is 14.2. The fourth-order valence-electron chi connectivity index (χ4n) is 2.64. The fraction of sp³-hybridized carbons (Fsp3) is 0. The third kappa shape index (κ3) is 2.33. The zero-order valence-corrected chi connectivity index (χ0v) is 14.9. The van der Waals surface area contributed by atoms with Crippen molar-refractivity contribution in [1.29, 1.82) is 0 Å². The lowest BCUT2D eigenvalue weighted by atomic mass is 10.1. The molecular weight excluding hydrogens is 444 g/mol. The third-order valence-corrected chi connectivity index (χ3v) is 5.29. The van der Waals surface area contributed by atoms with Gasteiger partial charge in [-0.05, 0) is 52.2 Å². The SMILES string of the molecule is O=C(O)c1c(Nc2ccc(I)cc2F)n2cncc2c2ccsc12. The molecule has 5 nitrogen and oxygen atoms in total. The summed E-state index contributed by atoms with van der Waals surface area (Å²) in [6.45, 7) is 0. The quantitative estimate of drug-likeness (QED) is 0.440. The number of carboxylic acids is 1. The van der Waals surface area contributed by atoms with E-state index in [1.54, 1.807) is 22.7 Å². The molecule has 0 unspecified atom stereocenters. The molecule has 3 heterocycles. The van der Waals surface area contributed by atoms with E-state index in [0.717, 1.165) is 14.5 Å². The molecule has 2 N–H and O–H groups in total. The van der Waals surface area contributed by atoms with E-state index in [2.05, 4.69) is 10.3 Å². The van der Waals surface area contributed by atoms with Crippen molar-refractivity contribution >= 4 is 67.0 Å². The molecule has 0 aliphatic heterocycles. The van der Waals surface area contributed by atoms with Crippen molar-refractivity contribution in [2.45, 2.75) is 0 Å². The second-order valence-electron chi connectivity index (χ2n) is 5.09. The highest BCUT2D eigenvalue weighted by Gasteiger charge is 2.21. The molecule has 0 radical (unpaired) electrons. The average molecular weight is 453 g/mol. The molecule has 24 heavy (non-hydrogen) atoms. The molecule has 0 aliphatic carbocycles. The zero-order chi connectivity index (χ0) is 16.8.